The lowest BCUT2D eigenvalue weighted by molar-refractivity contribution is 0.503. The van der Waals surface area contributed by atoms with E-state index >= 15 is 0 Å². The molecule has 0 fully saturated rings. The number of rotatable bonds is 3. The van der Waals surface area contributed by atoms with E-state index < -0.39 is 0 Å². The summed E-state index contributed by atoms with van der Waals surface area (Å²) in [6.07, 6.45) is 1.64. The van der Waals surface area contributed by atoms with Gasteiger partial charge in [0.15, 0.2) is 5.11 Å². The average molecular weight is 325 g/mol. The third-order valence-electron chi connectivity index (χ3n) is 2.43. The van der Waals surface area contributed by atoms with Gasteiger partial charge >= 0.3 is 0 Å². The second-order valence-electron chi connectivity index (χ2n) is 3.85. The van der Waals surface area contributed by atoms with Crippen molar-refractivity contribution in [2.75, 3.05) is 5.32 Å². The van der Waals surface area contributed by atoms with Crippen molar-refractivity contribution in [1.82, 2.24) is 5.32 Å². The third kappa shape index (κ3) is 3.58. The topological polar surface area (TPSA) is 37.2 Å². The summed E-state index contributed by atoms with van der Waals surface area (Å²) in [6.45, 7) is 2.62. The molecule has 2 aromatic rings. The molecule has 0 saturated carbocycles. The van der Waals surface area contributed by atoms with Gasteiger partial charge in [-0.1, -0.05) is 22.0 Å². The Morgan fingerprint density at radius 1 is 1.39 bits per heavy atom. The molecule has 5 heteroatoms. The van der Waals surface area contributed by atoms with Crippen LogP contribution in [-0.4, -0.2) is 5.11 Å². The monoisotopic (exact) mass is 324 g/mol. The normalized spacial score (nSPS) is 10.1. The summed E-state index contributed by atoms with van der Waals surface area (Å²) < 4.78 is 6.27. The van der Waals surface area contributed by atoms with Gasteiger partial charge in [0.1, 0.15) is 5.76 Å². The van der Waals surface area contributed by atoms with Crippen molar-refractivity contribution in [3.05, 3.63) is 52.4 Å². The SMILES string of the molecule is Cc1ccc(NC(=S)NCc2ccco2)cc1Br. The number of aryl methyl sites for hydroxylation is 1. The predicted molar refractivity (Wildman–Crippen MR) is 80.6 cm³/mol. The molecule has 0 radical (unpaired) electrons. The van der Waals surface area contributed by atoms with Crippen molar-refractivity contribution in [3.8, 4) is 0 Å². The van der Waals surface area contributed by atoms with E-state index in [2.05, 4.69) is 26.6 Å². The average Bonchev–Trinajstić information content (AvgIpc) is 2.84. The molecule has 1 aromatic carbocycles. The van der Waals surface area contributed by atoms with Crippen LogP contribution >= 0.6 is 28.1 Å². The molecule has 0 saturated heterocycles. The first-order valence-electron chi connectivity index (χ1n) is 5.48. The Morgan fingerprint density at radius 3 is 2.89 bits per heavy atom. The Morgan fingerprint density at radius 2 is 2.22 bits per heavy atom. The lowest BCUT2D eigenvalue weighted by atomic mass is 10.2. The molecule has 94 valence electrons. The number of furan rings is 1. The minimum absolute atomic E-state index is 0.571. The van der Waals surface area contributed by atoms with Gasteiger partial charge in [0, 0.05) is 10.2 Å². The van der Waals surface area contributed by atoms with Gasteiger partial charge in [-0.3, -0.25) is 0 Å². The maximum Gasteiger partial charge on any atom is 0.171 e. The number of hydrogen-bond acceptors (Lipinski definition) is 2. The first kappa shape index (κ1) is 13.1. The molecule has 0 atom stereocenters. The Labute approximate surface area is 120 Å². The van der Waals surface area contributed by atoms with Crippen LogP contribution in [-0.2, 0) is 6.54 Å². The summed E-state index contributed by atoms with van der Waals surface area (Å²) >= 11 is 8.69. The van der Waals surface area contributed by atoms with E-state index in [1.54, 1.807) is 6.26 Å². The molecule has 1 aromatic heterocycles. The first-order chi connectivity index (χ1) is 8.65. The number of nitrogens with one attached hydrogen (secondary N) is 2. The van der Waals surface area contributed by atoms with Gasteiger partial charge in [0.25, 0.3) is 0 Å². The molecule has 18 heavy (non-hydrogen) atoms. The van der Waals surface area contributed by atoms with Crippen molar-refractivity contribution in [2.45, 2.75) is 13.5 Å². The summed E-state index contributed by atoms with van der Waals surface area (Å²) in [7, 11) is 0. The molecule has 2 rings (SSSR count). The molecule has 2 N–H and O–H groups in total. The van der Waals surface area contributed by atoms with Crippen molar-refractivity contribution in [2.24, 2.45) is 0 Å². The summed E-state index contributed by atoms with van der Waals surface area (Å²) in [5, 5.41) is 6.77. The van der Waals surface area contributed by atoms with Crippen molar-refractivity contribution in [3.63, 3.8) is 0 Å². The number of thiocarbonyl (C=S) groups is 1. The summed E-state index contributed by atoms with van der Waals surface area (Å²) in [6, 6.07) is 9.77. The van der Waals surface area contributed by atoms with Gasteiger partial charge in [-0.05, 0) is 49.0 Å². The first-order valence-corrected chi connectivity index (χ1v) is 6.68. The molecular weight excluding hydrogens is 312 g/mol. The van der Waals surface area contributed by atoms with Gasteiger partial charge in [0.05, 0.1) is 12.8 Å². The summed E-state index contributed by atoms with van der Waals surface area (Å²) in [5.74, 6) is 0.851. The van der Waals surface area contributed by atoms with E-state index in [0.717, 1.165) is 15.9 Å². The zero-order valence-corrected chi connectivity index (χ0v) is 12.3. The van der Waals surface area contributed by atoms with Crippen LogP contribution in [0.5, 0.6) is 0 Å². The van der Waals surface area contributed by atoms with E-state index in [4.69, 9.17) is 16.6 Å². The molecule has 0 aliphatic heterocycles. The van der Waals surface area contributed by atoms with Crippen LogP contribution in [0.2, 0.25) is 0 Å². The summed E-state index contributed by atoms with van der Waals surface area (Å²) in [4.78, 5) is 0. The van der Waals surface area contributed by atoms with Crippen molar-refractivity contribution in [1.29, 1.82) is 0 Å². The minimum Gasteiger partial charge on any atom is -0.467 e. The van der Waals surface area contributed by atoms with E-state index in [1.807, 2.05) is 37.3 Å². The molecule has 0 aliphatic rings. The fourth-order valence-corrected chi connectivity index (χ4v) is 2.00. The zero-order chi connectivity index (χ0) is 13.0. The molecule has 0 unspecified atom stereocenters. The molecular formula is C13H13BrN2OS. The highest BCUT2D eigenvalue weighted by molar-refractivity contribution is 9.10. The number of benzene rings is 1. The van der Waals surface area contributed by atoms with E-state index in [-0.39, 0.29) is 0 Å². The van der Waals surface area contributed by atoms with Crippen LogP contribution in [0.4, 0.5) is 5.69 Å². The number of halogens is 1. The van der Waals surface area contributed by atoms with E-state index in [9.17, 15) is 0 Å². The molecule has 1 heterocycles. The molecule has 0 spiro atoms. The van der Waals surface area contributed by atoms with Crippen molar-refractivity contribution < 1.29 is 4.42 Å². The highest BCUT2D eigenvalue weighted by Crippen LogP contribution is 2.20. The highest BCUT2D eigenvalue weighted by Gasteiger charge is 2.01. The highest BCUT2D eigenvalue weighted by atomic mass is 79.9. The molecule has 0 bridgehead atoms. The maximum absolute atomic E-state index is 5.21. The van der Waals surface area contributed by atoms with Crippen molar-refractivity contribution >= 4 is 38.9 Å². The second kappa shape index (κ2) is 6.02. The molecule has 0 amide bonds. The van der Waals surface area contributed by atoms with Gasteiger partial charge < -0.3 is 15.1 Å². The summed E-state index contributed by atoms with van der Waals surface area (Å²) in [5.41, 5.74) is 2.14. The van der Waals surface area contributed by atoms with E-state index in [1.165, 1.54) is 5.56 Å². The smallest absolute Gasteiger partial charge is 0.171 e. The lowest BCUT2D eigenvalue weighted by Crippen LogP contribution is -2.27. The quantitative estimate of drug-likeness (QED) is 0.841. The maximum atomic E-state index is 5.21. The second-order valence-corrected chi connectivity index (χ2v) is 5.11. The fraction of sp³-hybridized carbons (Fsp3) is 0.154. The van der Waals surface area contributed by atoms with E-state index in [0.29, 0.717) is 11.7 Å². The lowest BCUT2D eigenvalue weighted by Gasteiger charge is -2.10. The molecule has 0 aliphatic carbocycles. The minimum atomic E-state index is 0.571. The van der Waals surface area contributed by atoms with Gasteiger partial charge in [0.2, 0.25) is 0 Å². The van der Waals surface area contributed by atoms with Crippen LogP contribution in [0.25, 0.3) is 0 Å². The standard InChI is InChI=1S/C13H13BrN2OS/c1-9-4-5-10(7-12(9)14)16-13(18)15-8-11-3-2-6-17-11/h2-7H,8H2,1H3,(H2,15,16,18). The van der Waals surface area contributed by atoms with Crippen LogP contribution in [0, 0.1) is 6.92 Å². The van der Waals surface area contributed by atoms with Crippen LogP contribution in [0.3, 0.4) is 0 Å². The zero-order valence-electron chi connectivity index (χ0n) is 9.87. The Hall–Kier alpha value is -1.33. The van der Waals surface area contributed by atoms with Crippen LogP contribution in [0.15, 0.2) is 45.5 Å². The van der Waals surface area contributed by atoms with Crippen LogP contribution in [0.1, 0.15) is 11.3 Å². The largest absolute Gasteiger partial charge is 0.467 e. The molecule has 3 nitrogen and oxygen atoms in total. The fourth-order valence-electron chi connectivity index (χ4n) is 1.43. The number of hydrogen-bond donors (Lipinski definition) is 2. The van der Waals surface area contributed by atoms with Gasteiger partial charge in [-0.15, -0.1) is 0 Å². The third-order valence-corrected chi connectivity index (χ3v) is 3.53. The predicted octanol–water partition coefficient (Wildman–Crippen LogP) is 3.84. The van der Waals surface area contributed by atoms with Gasteiger partial charge in [-0.25, -0.2) is 0 Å². The Bertz CT molecular complexity index is 540. The Kier molecular flexibility index (Phi) is 4.38. The Balaban J connectivity index is 1.88. The van der Waals surface area contributed by atoms with Crippen LogP contribution < -0.4 is 10.6 Å². The number of anilines is 1. The van der Waals surface area contributed by atoms with Gasteiger partial charge in [-0.2, -0.15) is 0 Å².